The molecule has 35 heavy (non-hydrogen) atoms. The molecule has 12 heteroatoms. The van der Waals surface area contributed by atoms with Gasteiger partial charge in [-0.25, -0.2) is 0 Å². The molecule has 0 unspecified atom stereocenters. The largest absolute Gasteiger partial charge is 0.463 e. The monoisotopic (exact) mass is 502 g/mol. The van der Waals surface area contributed by atoms with Crippen LogP contribution in [0.4, 0.5) is 0 Å². The molecule has 198 valence electrons. The van der Waals surface area contributed by atoms with Crippen molar-refractivity contribution >= 4 is 29.7 Å². The molecule has 0 aromatic rings. The summed E-state index contributed by atoms with van der Waals surface area (Å²) in [5.41, 5.74) is -0.0194. The highest BCUT2D eigenvalue weighted by atomic mass is 16.8. The van der Waals surface area contributed by atoms with Crippen LogP contribution in [-0.2, 0) is 57.1 Å². The lowest BCUT2D eigenvalue weighted by Crippen LogP contribution is -2.63. The summed E-state index contributed by atoms with van der Waals surface area (Å²) in [6.45, 7) is 12.9. The van der Waals surface area contributed by atoms with Crippen molar-refractivity contribution in [3.63, 3.8) is 0 Å². The summed E-state index contributed by atoms with van der Waals surface area (Å²) in [4.78, 5) is 59.3. The molecule has 1 heterocycles. The van der Waals surface area contributed by atoms with Crippen molar-refractivity contribution in [2.75, 3.05) is 6.61 Å². The summed E-state index contributed by atoms with van der Waals surface area (Å²) in [7, 11) is 0. The Balaban J connectivity index is 3.49. The van der Waals surface area contributed by atoms with Gasteiger partial charge in [0.25, 0.3) is 0 Å². The van der Waals surface area contributed by atoms with Crippen LogP contribution in [0, 0.1) is 0 Å². The van der Waals surface area contributed by atoms with Crippen molar-refractivity contribution < 1.29 is 57.1 Å². The first-order chi connectivity index (χ1) is 16.3. The summed E-state index contributed by atoms with van der Waals surface area (Å²) in [5, 5.41) is 0. The lowest BCUT2D eigenvalue weighted by atomic mass is 9.98. The Hall–Kier alpha value is -2.83. The zero-order valence-corrected chi connectivity index (χ0v) is 21.1. The number of ether oxygens (including phenoxy) is 7. The Morgan fingerprint density at radius 3 is 1.80 bits per heavy atom. The van der Waals surface area contributed by atoms with Gasteiger partial charge in [-0.3, -0.25) is 24.0 Å². The third kappa shape index (κ3) is 9.74. The van der Waals surface area contributed by atoms with E-state index in [9.17, 15) is 24.0 Å². The number of ketones is 1. The van der Waals surface area contributed by atoms with Gasteiger partial charge in [-0.05, 0) is 13.8 Å². The summed E-state index contributed by atoms with van der Waals surface area (Å²) >= 11 is 0. The van der Waals surface area contributed by atoms with Crippen LogP contribution in [-0.4, -0.2) is 79.4 Å². The number of carbonyl (C=O) groups excluding carboxylic acids is 5. The van der Waals surface area contributed by atoms with Crippen LogP contribution in [0.5, 0.6) is 0 Å². The zero-order valence-electron chi connectivity index (χ0n) is 21.1. The molecule has 0 aromatic carbocycles. The summed E-state index contributed by atoms with van der Waals surface area (Å²) in [6.07, 6.45) is -8.48. The average molecular weight is 503 g/mol. The summed E-state index contributed by atoms with van der Waals surface area (Å²) in [5.74, 6) is -3.32. The van der Waals surface area contributed by atoms with Gasteiger partial charge in [0.15, 0.2) is 30.4 Å². The third-order valence-electron chi connectivity index (χ3n) is 4.57. The van der Waals surface area contributed by atoms with Crippen LogP contribution in [0.1, 0.15) is 54.9 Å². The molecule has 1 fully saturated rings. The number of hydrogen-bond acceptors (Lipinski definition) is 12. The topological polar surface area (TPSA) is 150 Å². The number of rotatable bonds is 12. The van der Waals surface area contributed by atoms with E-state index >= 15 is 0 Å². The van der Waals surface area contributed by atoms with E-state index in [4.69, 9.17) is 33.2 Å². The standard InChI is InChI=1S/C23H34O12/c1-9-17(28)12(4)22(30-11(2)3)35-23-21(33-16(8)27)20(32-15(7)26)19(31-14(6)25)18(34-23)10-29-13(5)24/h11,18-23H,4,9-10H2,1-3,5-8H3/t18-,19-,20+,21-,22-,23+/m1/s1. The van der Waals surface area contributed by atoms with E-state index in [-0.39, 0.29) is 17.8 Å². The van der Waals surface area contributed by atoms with Crippen LogP contribution in [0.15, 0.2) is 12.2 Å². The predicted octanol–water partition coefficient (Wildman–Crippen LogP) is 1.37. The van der Waals surface area contributed by atoms with Crippen molar-refractivity contribution in [3.8, 4) is 0 Å². The Bertz CT molecular complexity index is 804. The second kappa shape index (κ2) is 13.9. The van der Waals surface area contributed by atoms with Crippen LogP contribution < -0.4 is 0 Å². The van der Waals surface area contributed by atoms with Crippen LogP contribution in [0.25, 0.3) is 0 Å². The van der Waals surface area contributed by atoms with Crippen LogP contribution >= 0.6 is 0 Å². The Morgan fingerprint density at radius 1 is 0.829 bits per heavy atom. The normalized spacial score (nSPS) is 24.7. The molecule has 0 aromatic heterocycles. The summed E-state index contributed by atoms with van der Waals surface area (Å²) < 4.78 is 38.5. The first-order valence-electron chi connectivity index (χ1n) is 11.1. The third-order valence-corrected chi connectivity index (χ3v) is 4.57. The summed E-state index contributed by atoms with van der Waals surface area (Å²) in [6, 6.07) is 0. The second-order valence-electron chi connectivity index (χ2n) is 8.02. The molecule has 1 saturated heterocycles. The lowest BCUT2D eigenvalue weighted by Gasteiger charge is -2.44. The number of Topliss-reactive ketones (excluding diaryl/α,β-unsaturated/α-hetero) is 1. The van der Waals surface area contributed by atoms with E-state index in [1.54, 1.807) is 20.8 Å². The van der Waals surface area contributed by atoms with Crippen molar-refractivity contribution in [2.45, 2.75) is 98.0 Å². The highest BCUT2D eigenvalue weighted by Gasteiger charge is 2.53. The van der Waals surface area contributed by atoms with Gasteiger partial charge in [0, 0.05) is 39.7 Å². The fourth-order valence-electron chi connectivity index (χ4n) is 3.22. The van der Waals surface area contributed by atoms with Crippen molar-refractivity contribution in [1.29, 1.82) is 0 Å². The van der Waals surface area contributed by atoms with Gasteiger partial charge in [0.05, 0.1) is 6.10 Å². The molecule has 0 saturated carbocycles. The van der Waals surface area contributed by atoms with Crippen molar-refractivity contribution in [1.82, 2.24) is 0 Å². The van der Waals surface area contributed by atoms with Crippen LogP contribution in [0.3, 0.4) is 0 Å². The van der Waals surface area contributed by atoms with E-state index < -0.39 is 73.6 Å². The van der Waals surface area contributed by atoms with Gasteiger partial charge in [-0.2, -0.15) is 0 Å². The van der Waals surface area contributed by atoms with Gasteiger partial charge < -0.3 is 33.2 Å². The fraction of sp³-hybridized carbons (Fsp3) is 0.696. The molecular formula is C23H34O12. The Kier molecular flexibility index (Phi) is 12.0. The van der Waals surface area contributed by atoms with E-state index in [2.05, 4.69) is 6.58 Å². The minimum Gasteiger partial charge on any atom is -0.463 e. The minimum absolute atomic E-state index is 0.0194. The maximum absolute atomic E-state index is 12.3. The van der Waals surface area contributed by atoms with E-state index in [0.29, 0.717) is 0 Å². The molecule has 0 radical (unpaired) electrons. The highest BCUT2D eigenvalue weighted by molar-refractivity contribution is 5.95. The molecule has 0 bridgehead atoms. The molecule has 0 aliphatic carbocycles. The van der Waals surface area contributed by atoms with Crippen molar-refractivity contribution in [3.05, 3.63) is 12.2 Å². The lowest BCUT2D eigenvalue weighted by molar-refractivity contribution is -0.336. The first-order valence-corrected chi connectivity index (χ1v) is 11.1. The minimum atomic E-state index is -1.50. The van der Waals surface area contributed by atoms with Gasteiger partial charge in [-0.15, -0.1) is 0 Å². The highest BCUT2D eigenvalue weighted by Crippen LogP contribution is 2.31. The second-order valence-corrected chi connectivity index (χ2v) is 8.02. The number of esters is 4. The SMILES string of the molecule is C=C(C(=O)CC)[C@H](OC(C)C)O[C@@H]1O[C@H](COC(C)=O)[C@@H](OC(C)=O)[C@H](OC(C)=O)[C@H]1OC(C)=O. The van der Waals surface area contributed by atoms with Gasteiger partial charge >= 0.3 is 23.9 Å². The Labute approximate surface area is 204 Å². The smallest absolute Gasteiger partial charge is 0.303 e. The maximum atomic E-state index is 12.3. The fourth-order valence-corrected chi connectivity index (χ4v) is 3.22. The number of carbonyl (C=O) groups is 5. The zero-order chi connectivity index (χ0) is 26.9. The molecule has 6 atom stereocenters. The van der Waals surface area contributed by atoms with Gasteiger partial charge in [-0.1, -0.05) is 13.5 Å². The molecule has 0 amide bonds. The van der Waals surface area contributed by atoms with Gasteiger partial charge in [0.1, 0.15) is 12.7 Å². The molecular weight excluding hydrogens is 468 g/mol. The molecule has 0 spiro atoms. The maximum Gasteiger partial charge on any atom is 0.303 e. The van der Waals surface area contributed by atoms with Crippen LogP contribution in [0.2, 0.25) is 0 Å². The first kappa shape index (κ1) is 30.2. The molecule has 12 nitrogen and oxygen atoms in total. The van der Waals surface area contributed by atoms with Crippen molar-refractivity contribution in [2.24, 2.45) is 0 Å². The number of hydrogen-bond donors (Lipinski definition) is 0. The van der Waals surface area contributed by atoms with E-state index in [0.717, 1.165) is 27.7 Å². The Morgan fingerprint density at radius 2 is 1.34 bits per heavy atom. The molecule has 1 rings (SSSR count). The van der Waals surface area contributed by atoms with E-state index in [1.807, 2.05) is 0 Å². The quantitative estimate of drug-likeness (QED) is 0.164. The van der Waals surface area contributed by atoms with Gasteiger partial charge in [0.2, 0.25) is 6.29 Å². The molecule has 1 aliphatic heterocycles. The molecule has 1 aliphatic rings. The predicted molar refractivity (Wildman–Crippen MR) is 117 cm³/mol. The average Bonchev–Trinajstić information content (AvgIpc) is 2.73. The van der Waals surface area contributed by atoms with E-state index in [1.165, 1.54) is 0 Å². The molecule has 0 N–H and O–H groups in total.